The number of hydrogen-bond donors (Lipinski definition) is 0. The summed E-state index contributed by atoms with van der Waals surface area (Å²) in [4.78, 5) is 0. The SMILES string of the molecule is CC1OCCC1C(C)(C)C. The fourth-order valence-corrected chi connectivity index (χ4v) is 1.87. The fraction of sp³-hybridized carbons (Fsp3) is 1.00. The Balaban J connectivity index is 2.55. The van der Waals surface area contributed by atoms with Gasteiger partial charge in [0.15, 0.2) is 0 Å². The average Bonchev–Trinajstić information content (AvgIpc) is 2.11. The molecule has 10 heavy (non-hydrogen) atoms. The molecule has 0 aromatic heterocycles. The van der Waals surface area contributed by atoms with E-state index >= 15 is 0 Å². The van der Waals surface area contributed by atoms with Crippen molar-refractivity contribution in [2.45, 2.75) is 40.2 Å². The van der Waals surface area contributed by atoms with E-state index in [0.717, 1.165) is 12.5 Å². The lowest BCUT2D eigenvalue weighted by Gasteiger charge is -2.28. The van der Waals surface area contributed by atoms with Gasteiger partial charge in [0, 0.05) is 6.61 Å². The first-order valence-electron chi connectivity index (χ1n) is 4.13. The quantitative estimate of drug-likeness (QED) is 0.505. The number of ether oxygens (including phenoxy) is 1. The van der Waals surface area contributed by atoms with Crippen molar-refractivity contribution in [2.75, 3.05) is 6.61 Å². The molecule has 0 aromatic rings. The maximum atomic E-state index is 5.49. The highest BCUT2D eigenvalue weighted by atomic mass is 16.5. The zero-order valence-corrected chi connectivity index (χ0v) is 7.48. The molecule has 1 heterocycles. The molecule has 1 fully saturated rings. The smallest absolute Gasteiger partial charge is 0.0580 e. The molecule has 0 saturated carbocycles. The van der Waals surface area contributed by atoms with Crippen LogP contribution >= 0.6 is 0 Å². The largest absolute Gasteiger partial charge is 0.378 e. The minimum atomic E-state index is 0.427. The van der Waals surface area contributed by atoms with Crippen LogP contribution in [0.2, 0.25) is 0 Å². The predicted molar refractivity (Wildman–Crippen MR) is 43.0 cm³/mol. The molecule has 2 atom stereocenters. The standard InChI is InChI=1S/C9H18O/c1-7-8(5-6-10-7)9(2,3)4/h7-8H,5-6H2,1-4H3. The maximum Gasteiger partial charge on any atom is 0.0580 e. The first-order valence-corrected chi connectivity index (χ1v) is 4.13. The van der Waals surface area contributed by atoms with Crippen molar-refractivity contribution in [2.24, 2.45) is 11.3 Å². The summed E-state index contributed by atoms with van der Waals surface area (Å²) in [5, 5.41) is 0. The highest BCUT2D eigenvalue weighted by Gasteiger charge is 2.33. The summed E-state index contributed by atoms with van der Waals surface area (Å²) in [5.74, 6) is 0.757. The Morgan fingerprint density at radius 1 is 1.30 bits per heavy atom. The highest BCUT2D eigenvalue weighted by Crippen LogP contribution is 2.36. The van der Waals surface area contributed by atoms with Crippen molar-refractivity contribution in [1.29, 1.82) is 0 Å². The van der Waals surface area contributed by atoms with Crippen LogP contribution in [0.1, 0.15) is 34.1 Å². The third-order valence-corrected chi connectivity index (χ3v) is 2.49. The van der Waals surface area contributed by atoms with E-state index in [1.54, 1.807) is 0 Å². The van der Waals surface area contributed by atoms with Crippen LogP contribution < -0.4 is 0 Å². The molecule has 1 heteroatoms. The van der Waals surface area contributed by atoms with Gasteiger partial charge in [-0.1, -0.05) is 20.8 Å². The van der Waals surface area contributed by atoms with Gasteiger partial charge in [0.1, 0.15) is 0 Å². The molecule has 1 aliphatic rings. The molecule has 0 amide bonds. The summed E-state index contributed by atoms with van der Waals surface area (Å²) in [5.41, 5.74) is 0.427. The highest BCUT2D eigenvalue weighted by molar-refractivity contribution is 4.82. The van der Waals surface area contributed by atoms with Crippen molar-refractivity contribution in [3.8, 4) is 0 Å². The second kappa shape index (κ2) is 2.54. The average molecular weight is 142 g/mol. The van der Waals surface area contributed by atoms with Gasteiger partial charge in [-0.15, -0.1) is 0 Å². The molecule has 0 radical (unpaired) electrons. The molecule has 0 aliphatic carbocycles. The van der Waals surface area contributed by atoms with E-state index in [0.29, 0.717) is 11.5 Å². The maximum absolute atomic E-state index is 5.49. The van der Waals surface area contributed by atoms with Gasteiger partial charge in [-0.05, 0) is 24.7 Å². The summed E-state index contributed by atoms with van der Waals surface area (Å²) in [6.45, 7) is 10.0. The van der Waals surface area contributed by atoms with Crippen molar-refractivity contribution >= 4 is 0 Å². The molecular weight excluding hydrogens is 124 g/mol. The lowest BCUT2D eigenvalue weighted by molar-refractivity contribution is 0.0728. The Labute approximate surface area is 63.8 Å². The first-order chi connectivity index (χ1) is 4.52. The molecule has 0 N–H and O–H groups in total. The van der Waals surface area contributed by atoms with E-state index < -0.39 is 0 Å². The van der Waals surface area contributed by atoms with Crippen LogP contribution in [0.15, 0.2) is 0 Å². The Bertz CT molecular complexity index is 112. The van der Waals surface area contributed by atoms with E-state index in [1.165, 1.54) is 6.42 Å². The van der Waals surface area contributed by atoms with Crippen molar-refractivity contribution in [3.05, 3.63) is 0 Å². The molecule has 1 rings (SSSR count). The van der Waals surface area contributed by atoms with Gasteiger partial charge in [0.25, 0.3) is 0 Å². The minimum Gasteiger partial charge on any atom is -0.378 e. The number of hydrogen-bond acceptors (Lipinski definition) is 1. The van der Waals surface area contributed by atoms with Gasteiger partial charge in [0.2, 0.25) is 0 Å². The zero-order chi connectivity index (χ0) is 7.78. The van der Waals surface area contributed by atoms with Gasteiger partial charge < -0.3 is 4.74 Å². The molecular formula is C9H18O. The molecule has 0 bridgehead atoms. The first kappa shape index (κ1) is 8.06. The van der Waals surface area contributed by atoms with Crippen LogP contribution in [0.25, 0.3) is 0 Å². The fourth-order valence-electron chi connectivity index (χ4n) is 1.87. The van der Waals surface area contributed by atoms with Crippen molar-refractivity contribution in [3.63, 3.8) is 0 Å². The molecule has 60 valence electrons. The Hall–Kier alpha value is -0.0400. The topological polar surface area (TPSA) is 9.23 Å². The Morgan fingerprint density at radius 3 is 2.10 bits per heavy atom. The molecule has 0 aromatic carbocycles. The Kier molecular flexibility index (Phi) is 2.04. The van der Waals surface area contributed by atoms with E-state index in [4.69, 9.17) is 4.74 Å². The van der Waals surface area contributed by atoms with Crippen LogP contribution in [0, 0.1) is 11.3 Å². The monoisotopic (exact) mass is 142 g/mol. The summed E-state index contributed by atoms with van der Waals surface area (Å²) >= 11 is 0. The summed E-state index contributed by atoms with van der Waals surface area (Å²) in [6, 6.07) is 0. The second-order valence-electron chi connectivity index (χ2n) is 4.34. The zero-order valence-electron chi connectivity index (χ0n) is 7.48. The molecule has 2 unspecified atom stereocenters. The minimum absolute atomic E-state index is 0.427. The summed E-state index contributed by atoms with van der Waals surface area (Å²) in [7, 11) is 0. The third-order valence-electron chi connectivity index (χ3n) is 2.49. The molecule has 1 saturated heterocycles. The van der Waals surface area contributed by atoms with E-state index in [2.05, 4.69) is 27.7 Å². The lowest BCUT2D eigenvalue weighted by atomic mass is 9.77. The van der Waals surface area contributed by atoms with Crippen molar-refractivity contribution < 1.29 is 4.74 Å². The van der Waals surface area contributed by atoms with E-state index in [9.17, 15) is 0 Å². The number of rotatable bonds is 0. The molecule has 1 aliphatic heterocycles. The second-order valence-corrected chi connectivity index (χ2v) is 4.34. The van der Waals surface area contributed by atoms with Gasteiger partial charge in [0.05, 0.1) is 6.10 Å². The van der Waals surface area contributed by atoms with Crippen LogP contribution in [0.4, 0.5) is 0 Å². The molecule has 0 spiro atoms. The van der Waals surface area contributed by atoms with Gasteiger partial charge in [-0.2, -0.15) is 0 Å². The predicted octanol–water partition coefficient (Wildman–Crippen LogP) is 2.46. The van der Waals surface area contributed by atoms with Crippen molar-refractivity contribution in [1.82, 2.24) is 0 Å². The Morgan fingerprint density at radius 2 is 1.90 bits per heavy atom. The van der Waals surface area contributed by atoms with Crippen LogP contribution in [0.3, 0.4) is 0 Å². The summed E-state index contributed by atoms with van der Waals surface area (Å²) < 4.78 is 5.49. The van der Waals surface area contributed by atoms with Crippen LogP contribution in [-0.4, -0.2) is 12.7 Å². The van der Waals surface area contributed by atoms with Gasteiger partial charge in [-0.25, -0.2) is 0 Å². The van der Waals surface area contributed by atoms with Crippen LogP contribution in [0.5, 0.6) is 0 Å². The van der Waals surface area contributed by atoms with E-state index in [-0.39, 0.29) is 0 Å². The van der Waals surface area contributed by atoms with Gasteiger partial charge in [-0.3, -0.25) is 0 Å². The van der Waals surface area contributed by atoms with Gasteiger partial charge >= 0.3 is 0 Å². The normalized spacial score (nSPS) is 34.8. The summed E-state index contributed by atoms with van der Waals surface area (Å²) in [6.07, 6.45) is 1.71. The molecule has 1 nitrogen and oxygen atoms in total. The van der Waals surface area contributed by atoms with E-state index in [1.807, 2.05) is 0 Å². The van der Waals surface area contributed by atoms with Crippen LogP contribution in [-0.2, 0) is 4.74 Å². The third kappa shape index (κ3) is 1.51. The lowest BCUT2D eigenvalue weighted by Crippen LogP contribution is -2.26.